The van der Waals surface area contributed by atoms with Gasteiger partial charge in [-0.3, -0.25) is 4.79 Å². The average molecular weight is 303 g/mol. The van der Waals surface area contributed by atoms with E-state index in [2.05, 4.69) is 0 Å². The molecule has 2 nitrogen and oxygen atoms in total. The van der Waals surface area contributed by atoms with Gasteiger partial charge in [-0.25, -0.2) is 8.78 Å². The van der Waals surface area contributed by atoms with E-state index in [0.717, 1.165) is 23.3 Å². The Bertz CT molecular complexity index is 712. The molecule has 0 fully saturated rings. The molecule has 0 aromatic heterocycles. The van der Waals surface area contributed by atoms with Crippen LogP contribution in [0.4, 0.5) is 8.78 Å². The Morgan fingerprint density at radius 1 is 1.05 bits per heavy atom. The predicted octanol–water partition coefficient (Wildman–Crippen LogP) is 4.41. The maximum absolute atomic E-state index is 13.4. The van der Waals surface area contributed by atoms with Gasteiger partial charge in [0.05, 0.1) is 6.04 Å². The summed E-state index contributed by atoms with van der Waals surface area (Å²) in [6, 6.07) is 8.97. The van der Waals surface area contributed by atoms with Crippen LogP contribution in [0.15, 0.2) is 36.4 Å². The molecular weight excluding hydrogens is 284 g/mol. The summed E-state index contributed by atoms with van der Waals surface area (Å²) < 4.78 is 26.4. The molecule has 0 saturated heterocycles. The van der Waals surface area contributed by atoms with Crippen molar-refractivity contribution >= 4 is 5.91 Å². The second-order valence-corrected chi connectivity index (χ2v) is 5.58. The Labute approximate surface area is 129 Å². The van der Waals surface area contributed by atoms with Gasteiger partial charge >= 0.3 is 0 Å². The molecule has 22 heavy (non-hydrogen) atoms. The number of carbonyl (C=O) groups is 1. The van der Waals surface area contributed by atoms with Crippen LogP contribution in [0.5, 0.6) is 0 Å². The van der Waals surface area contributed by atoms with Gasteiger partial charge in [0.15, 0.2) is 11.6 Å². The molecule has 2 aromatic carbocycles. The van der Waals surface area contributed by atoms with Crippen LogP contribution in [0.2, 0.25) is 0 Å². The predicted molar refractivity (Wildman–Crippen MR) is 82.8 cm³/mol. The van der Waals surface area contributed by atoms with Crippen molar-refractivity contribution in [1.82, 2.24) is 4.90 Å². The molecular formula is C18H19F2NO. The van der Waals surface area contributed by atoms with Gasteiger partial charge in [-0.1, -0.05) is 23.8 Å². The van der Waals surface area contributed by atoms with Gasteiger partial charge in [0.1, 0.15) is 0 Å². The summed E-state index contributed by atoms with van der Waals surface area (Å²) in [5.74, 6) is -1.94. The molecule has 0 heterocycles. The largest absolute Gasteiger partial charge is 0.335 e. The molecule has 0 aliphatic rings. The zero-order valence-electron chi connectivity index (χ0n) is 13.2. The Hall–Kier alpha value is -2.23. The summed E-state index contributed by atoms with van der Waals surface area (Å²) in [5.41, 5.74) is 3.15. The van der Waals surface area contributed by atoms with Crippen molar-refractivity contribution < 1.29 is 13.6 Å². The fourth-order valence-electron chi connectivity index (χ4n) is 2.42. The van der Waals surface area contributed by atoms with Gasteiger partial charge in [-0.2, -0.15) is 0 Å². The van der Waals surface area contributed by atoms with Crippen molar-refractivity contribution in [3.63, 3.8) is 0 Å². The molecule has 2 rings (SSSR count). The van der Waals surface area contributed by atoms with Crippen molar-refractivity contribution in [2.75, 3.05) is 7.05 Å². The summed E-state index contributed by atoms with van der Waals surface area (Å²) in [6.07, 6.45) is 0. The number of rotatable bonds is 3. The molecule has 0 N–H and O–H groups in total. The zero-order valence-corrected chi connectivity index (χ0v) is 13.2. The summed E-state index contributed by atoms with van der Waals surface area (Å²) in [6.45, 7) is 5.64. The molecule has 1 atom stereocenters. The fourth-order valence-corrected chi connectivity index (χ4v) is 2.42. The highest BCUT2D eigenvalue weighted by Crippen LogP contribution is 2.23. The minimum atomic E-state index is -0.906. The van der Waals surface area contributed by atoms with Gasteiger partial charge < -0.3 is 4.90 Å². The molecule has 0 aliphatic carbocycles. The Balaban J connectivity index is 2.27. The van der Waals surface area contributed by atoms with Gasteiger partial charge in [0, 0.05) is 12.6 Å². The van der Waals surface area contributed by atoms with Crippen LogP contribution in [-0.2, 0) is 0 Å². The Morgan fingerprint density at radius 3 is 2.32 bits per heavy atom. The van der Waals surface area contributed by atoms with E-state index >= 15 is 0 Å². The average Bonchev–Trinajstić information content (AvgIpc) is 2.48. The maximum atomic E-state index is 13.4. The second kappa shape index (κ2) is 6.26. The van der Waals surface area contributed by atoms with E-state index in [-0.39, 0.29) is 11.9 Å². The highest BCUT2D eigenvalue weighted by Gasteiger charge is 2.21. The third-order valence-corrected chi connectivity index (χ3v) is 3.94. The molecule has 1 amide bonds. The lowest BCUT2D eigenvalue weighted by Crippen LogP contribution is -2.30. The van der Waals surface area contributed by atoms with Crippen LogP contribution in [0.1, 0.15) is 40.0 Å². The van der Waals surface area contributed by atoms with Crippen molar-refractivity contribution in [1.29, 1.82) is 0 Å². The molecule has 2 aromatic rings. The summed E-state index contributed by atoms with van der Waals surface area (Å²) in [5, 5.41) is 0. The van der Waals surface area contributed by atoms with Crippen LogP contribution < -0.4 is 0 Å². The SMILES string of the molecule is Cc1ccc(C(=O)N(C)C(C)c2ccc(F)c(F)c2)c(C)c1. The van der Waals surface area contributed by atoms with Crippen LogP contribution in [0.3, 0.4) is 0 Å². The number of hydrogen-bond donors (Lipinski definition) is 0. The van der Waals surface area contributed by atoms with Gasteiger partial charge in [-0.05, 0) is 50.1 Å². The fraction of sp³-hybridized carbons (Fsp3) is 0.278. The molecule has 0 spiro atoms. The third-order valence-electron chi connectivity index (χ3n) is 3.94. The number of benzene rings is 2. The first-order valence-corrected chi connectivity index (χ1v) is 7.10. The van der Waals surface area contributed by atoms with E-state index in [4.69, 9.17) is 0 Å². The van der Waals surface area contributed by atoms with Crippen molar-refractivity contribution in [2.45, 2.75) is 26.8 Å². The highest BCUT2D eigenvalue weighted by molar-refractivity contribution is 5.95. The smallest absolute Gasteiger partial charge is 0.254 e. The Morgan fingerprint density at radius 2 is 1.73 bits per heavy atom. The number of amides is 1. The minimum absolute atomic E-state index is 0.144. The number of nitrogens with zero attached hydrogens (tertiary/aromatic N) is 1. The third kappa shape index (κ3) is 3.16. The van der Waals surface area contributed by atoms with Crippen LogP contribution in [0.25, 0.3) is 0 Å². The van der Waals surface area contributed by atoms with Gasteiger partial charge in [0.25, 0.3) is 5.91 Å². The standard InChI is InChI=1S/C18H19F2NO/c1-11-5-7-15(12(2)9-11)18(22)21(4)13(3)14-6-8-16(19)17(20)10-14/h5-10,13H,1-4H3. The van der Waals surface area contributed by atoms with E-state index in [1.807, 2.05) is 26.0 Å². The van der Waals surface area contributed by atoms with Gasteiger partial charge in [-0.15, -0.1) is 0 Å². The molecule has 0 saturated carbocycles. The molecule has 0 radical (unpaired) electrons. The molecule has 4 heteroatoms. The number of hydrogen-bond acceptors (Lipinski definition) is 1. The number of carbonyl (C=O) groups excluding carboxylic acids is 1. The quantitative estimate of drug-likeness (QED) is 0.822. The molecule has 1 unspecified atom stereocenters. The lowest BCUT2D eigenvalue weighted by atomic mass is 10.0. The minimum Gasteiger partial charge on any atom is -0.335 e. The first-order chi connectivity index (χ1) is 10.3. The summed E-state index contributed by atoms with van der Waals surface area (Å²) in [7, 11) is 1.66. The topological polar surface area (TPSA) is 20.3 Å². The van der Waals surface area contributed by atoms with Gasteiger partial charge in [0.2, 0.25) is 0 Å². The highest BCUT2D eigenvalue weighted by atomic mass is 19.2. The lowest BCUT2D eigenvalue weighted by Gasteiger charge is -2.26. The van der Waals surface area contributed by atoms with Crippen LogP contribution in [0, 0.1) is 25.5 Å². The molecule has 116 valence electrons. The normalized spacial score (nSPS) is 12.1. The van der Waals surface area contributed by atoms with E-state index < -0.39 is 11.6 Å². The molecule has 0 bridgehead atoms. The zero-order chi connectivity index (χ0) is 16.4. The second-order valence-electron chi connectivity index (χ2n) is 5.58. The van der Waals surface area contributed by atoms with E-state index in [1.54, 1.807) is 20.0 Å². The van der Waals surface area contributed by atoms with Crippen LogP contribution in [-0.4, -0.2) is 17.9 Å². The first kappa shape index (κ1) is 16.1. The van der Waals surface area contributed by atoms with Crippen LogP contribution >= 0.6 is 0 Å². The van der Waals surface area contributed by atoms with E-state index in [9.17, 15) is 13.6 Å². The van der Waals surface area contributed by atoms with Crippen molar-refractivity contribution in [3.05, 3.63) is 70.3 Å². The Kier molecular flexibility index (Phi) is 4.59. The van der Waals surface area contributed by atoms with E-state index in [1.165, 1.54) is 11.0 Å². The number of halogens is 2. The monoisotopic (exact) mass is 303 g/mol. The first-order valence-electron chi connectivity index (χ1n) is 7.10. The summed E-state index contributed by atoms with van der Waals surface area (Å²) in [4.78, 5) is 14.1. The lowest BCUT2D eigenvalue weighted by molar-refractivity contribution is 0.0741. The summed E-state index contributed by atoms with van der Waals surface area (Å²) >= 11 is 0. The van der Waals surface area contributed by atoms with E-state index in [0.29, 0.717) is 11.1 Å². The molecule has 0 aliphatic heterocycles. The number of aryl methyl sites for hydroxylation is 2. The van der Waals surface area contributed by atoms with Crippen molar-refractivity contribution in [2.24, 2.45) is 0 Å². The van der Waals surface area contributed by atoms with Crippen molar-refractivity contribution in [3.8, 4) is 0 Å². The maximum Gasteiger partial charge on any atom is 0.254 e.